The Labute approximate surface area is 64.5 Å². The van der Waals surface area contributed by atoms with Gasteiger partial charge in [-0.1, -0.05) is 0 Å². The molecular weight excluding hydrogens is 140 g/mol. The summed E-state index contributed by atoms with van der Waals surface area (Å²) in [6, 6.07) is 1.88. The summed E-state index contributed by atoms with van der Waals surface area (Å²) >= 11 is 0. The first-order chi connectivity index (χ1) is 5.36. The van der Waals surface area contributed by atoms with Crippen LogP contribution < -0.4 is 0 Å². The minimum absolute atomic E-state index is 0.223. The van der Waals surface area contributed by atoms with E-state index in [2.05, 4.69) is 0 Å². The maximum Gasteiger partial charge on any atom is 0.156 e. The van der Waals surface area contributed by atoms with Gasteiger partial charge in [0.2, 0.25) is 0 Å². The Morgan fingerprint density at radius 3 is 2.82 bits per heavy atom. The topological polar surface area (TPSA) is 30.2 Å². The van der Waals surface area contributed by atoms with Gasteiger partial charge in [0, 0.05) is 12.0 Å². The lowest BCUT2D eigenvalue weighted by Crippen LogP contribution is -1.80. The van der Waals surface area contributed by atoms with E-state index in [1.165, 1.54) is 0 Å². The van der Waals surface area contributed by atoms with Crippen molar-refractivity contribution < 1.29 is 9.21 Å². The second kappa shape index (κ2) is 2.38. The maximum atomic E-state index is 10.8. The number of hydrogen-bond donors (Lipinski definition) is 0. The van der Waals surface area contributed by atoms with Gasteiger partial charge in [-0.3, -0.25) is 4.79 Å². The van der Waals surface area contributed by atoms with Crippen LogP contribution in [0, 0.1) is 0 Å². The minimum atomic E-state index is 0.223. The fourth-order valence-corrected chi connectivity index (χ4v) is 1.27. The lowest BCUT2D eigenvalue weighted by atomic mass is 10.1. The summed E-state index contributed by atoms with van der Waals surface area (Å²) in [4.78, 5) is 10.8. The predicted octanol–water partition coefficient (Wildman–Crippen LogP) is 2.03. The van der Waals surface area contributed by atoms with Crippen molar-refractivity contribution in [3.05, 3.63) is 30.2 Å². The van der Waals surface area contributed by atoms with Crippen LogP contribution in [0.15, 0.2) is 29.1 Å². The normalized spacial score (nSPS) is 17.1. The second-order valence-electron chi connectivity index (χ2n) is 2.65. The quantitative estimate of drug-likeness (QED) is 0.610. The Hall–Kier alpha value is -1.31. The van der Waals surface area contributed by atoms with Gasteiger partial charge < -0.3 is 4.42 Å². The standard InChI is InChI=1S/C9H8O2/c10-9-2-1-7(5-9)8-3-4-11-6-8/h3-6H,1-2H2. The molecule has 0 spiro atoms. The average Bonchev–Trinajstić information content (AvgIpc) is 2.55. The summed E-state index contributed by atoms with van der Waals surface area (Å²) in [5.41, 5.74) is 2.14. The highest BCUT2D eigenvalue weighted by atomic mass is 16.3. The van der Waals surface area contributed by atoms with E-state index in [-0.39, 0.29) is 5.78 Å². The predicted molar refractivity (Wildman–Crippen MR) is 40.9 cm³/mol. The fourth-order valence-electron chi connectivity index (χ4n) is 1.27. The van der Waals surface area contributed by atoms with Gasteiger partial charge in [-0.2, -0.15) is 0 Å². The number of hydrogen-bond acceptors (Lipinski definition) is 2. The molecule has 0 bridgehead atoms. The first-order valence-corrected chi connectivity index (χ1v) is 3.62. The summed E-state index contributed by atoms with van der Waals surface area (Å²) in [6.45, 7) is 0. The number of rotatable bonds is 1. The van der Waals surface area contributed by atoms with E-state index in [0.717, 1.165) is 17.6 Å². The molecule has 2 heteroatoms. The van der Waals surface area contributed by atoms with Crippen LogP contribution in [0.1, 0.15) is 18.4 Å². The first kappa shape index (κ1) is 6.40. The van der Waals surface area contributed by atoms with Gasteiger partial charge in [0.05, 0.1) is 12.5 Å². The van der Waals surface area contributed by atoms with Crippen LogP contribution >= 0.6 is 0 Å². The number of carbonyl (C=O) groups excluding carboxylic acids is 1. The highest BCUT2D eigenvalue weighted by molar-refractivity contribution is 6.01. The number of allylic oxidation sites excluding steroid dienone is 2. The number of carbonyl (C=O) groups is 1. The molecule has 0 radical (unpaired) electrons. The van der Waals surface area contributed by atoms with Crippen molar-refractivity contribution in [2.75, 3.05) is 0 Å². The van der Waals surface area contributed by atoms with E-state index >= 15 is 0 Å². The molecule has 1 aliphatic carbocycles. The Balaban J connectivity index is 2.31. The summed E-state index contributed by atoms with van der Waals surface area (Å²) in [5.74, 6) is 0.223. The Bertz CT molecular complexity index is 293. The molecule has 0 aliphatic heterocycles. The van der Waals surface area contributed by atoms with Gasteiger partial charge in [0.15, 0.2) is 5.78 Å². The molecule has 0 atom stereocenters. The van der Waals surface area contributed by atoms with E-state index in [9.17, 15) is 4.79 Å². The molecule has 0 saturated heterocycles. The highest BCUT2D eigenvalue weighted by Gasteiger charge is 2.13. The van der Waals surface area contributed by atoms with E-state index in [1.54, 1.807) is 18.6 Å². The fraction of sp³-hybridized carbons (Fsp3) is 0.222. The average molecular weight is 148 g/mol. The monoisotopic (exact) mass is 148 g/mol. The van der Waals surface area contributed by atoms with E-state index < -0.39 is 0 Å². The zero-order chi connectivity index (χ0) is 7.68. The first-order valence-electron chi connectivity index (χ1n) is 3.62. The molecule has 2 nitrogen and oxygen atoms in total. The van der Waals surface area contributed by atoms with Crippen molar-refractivity contribution >= 4 is 11.4 Å². The van der Waals surface area contributed by atoms with Crippen molar-refractivity contribution in [2.45, 2.75) is 12.8 Å². The second-order valence-corrected chi connectivity index (χ2v) is 2.65. The molecule has 11 heavy (non-hydrogen) atoms. The molecule has 1 aliphatic rings. The molecule has 2 rings (SSSR count). The van der Waals surface area contributed by atoms with Crippen LogP contribution in [0.2, 0.25) is 0 Å². The van der Waals surface area contributed by atoms with Crippen molar-refractivity contribution in [3.8, 4) is 0 Å². The van der Waals surface area contributed by atoms with Crippen LogP contribution in [0.5, 0.6) is 0 Å². The third kappa shape index (κ3) is 1.11. The molecule has 0 fully saturated rings. The minimum Gasteiger partial charge on any atom is -0.472 e. The zero-order valence-corrected chi connectivity index (χ0v) is 6.04. The lowest BCUT2D eigenvalue weighted by molar-refractivity contribution is -0.114. The molecule has 1 aromatic rings. The maximum absolute atomic E-state index is 10.8. The highest BCUT2D eigenvalue weighted by Crippen LogP contribution is 2.25. The summed E-state index contributed by atoms with van der Waals surface area (Å²) < 4.78 is 4.91. The van der Waals surface area contributed by atoms with Crippen LogP contribution in [-0.2, 0) is 4.79 Å². The largest absolute Gasteiger partial charge is 0.472 e. The summed E-state index contributed by atoms with van der Waals surface area (Å²) in [5, 5.41) is 0. The van der Waals surface area contributed by atoms with Gasteiger partial charge in [-0.15, -0.1) is 0 Å². The Kier molecular flexibility index (Phi) is 1.39. The number of furan rings is 1. The van der Waals surface area contributed by atoms with Gasteiger partial charge in [-0.25, -0.2) is 0 Å². The van der Waals surface area contributed by atoms with Crippen LogP contribution in [-0.4, -0.2) is 5.78 Å². The summed E-state index contributed by atoms with van der Waals surface area (Å²) in [6.07, 6.45) is 6.51. The molecule has 0 amide bonds. The van der Waals surface area contributed by atoms with Crippen molar-refractivity contribution in [1.82, 2.24) is 0 Å². The van der Waals surface area contributed by atoms with E-state index in [0.29, 0.717) is 6.42 Å². The third-order valence-electron chi connectivity index (χ3n) is 1.87. The molecule has 0 saturated carbocycles. The smallest absolute Gasteiger partial charge is 0.156 e. The number of ketones is 1. The lowest BCUT2D eigenvalue weighted by Gasteiger charge is -1.91. The van der Waals surface area contributed by atoms with Crippen LogP contribution in [0.25, 0.3) is 5.57 Å². The molecule has 56 valence electrons. The van der Waals surface area contributed by atoms with Gasteiger partial charge in [0.25, 0.3) is 0 Å². The molecular formula is C9H8O2. The van der Waals surface area contributed by atoms with Crippen molar-refractivity contribution in [2.24, 2.45) is 0 Å². The van der Waals surface area contributed by atoms with Crippen molar-refractivity contribution in [1.29, 1.82) is 0 Å². The Morgan fingerprint density at radius 2 is 2.27 bits per heavy atom. The third-order valence-corrected chi connectivity index (χ3v) is 1.87. The molecule has 0 N–H and O–H groups in total. The van der Waals surface area contributed by atoms with Gasteiger partial charge in [0.1, 0.15) is 0 Å². The molecule has 1 aromatic heterocycles. The summed E-state index contributed by atoms with van der Waals surface area (Å²) in [7, 11) is 0. The van der Waals surface area contributed by atoms with Crippen molar-refractivity contribution in [3.63, 3.8) is 0 Å². The van der Waals surface area contributed by atoms with Gasteiger partial charge in [-0.05, 0) is 24.1 Å². The molecule has 0 unspecified atom stereocenters. The SMILES string of the molecule is O=C1C=C(c2ccoc2)CC1. The van der Waals surface area contributed by atoms with Crippen LogP contribution in [0.3, 0.4) is 0 Å². The Morgan fingerprint density at radius 1 is 1.36 bits per heavy atom. The zero-order valence-electron chi connectivity index (χ0n) is 6.04. The van der Waals surface area contributed by atoms with E-state index in [1.807, 2.05) is 6.07 Å². The van der Waals surface area contributed by atoms with Gasteiger partial charge >= 0.3 is 0 Å². The molecule has 0 aromatic carbocycles. The van der Waals surface area contributed by atoms with E-state index in [4.69, 9.17) is 4.42 Å². The van der Waals surface area contributed by atoms with Crippen LogP contribution in [0.4, 0.5) is 0 Å². The molecule has 1 heterocycles.